The van der Waals surface area contributed by atoms with E-state index >= 15 is 0 Å². The van der Waals surface area contributed by atoms with Crippen LogP contribution < -0.4 is 5.32 Å². The second-order valence-electron chi connectivity index (χ2n) is 6.53. The lowest BCUT2D eigenvalue weighted by Crippen LogP contribution is -2.34. The fraction of sp³-hybridized carbons (Fsp3) is 0.316. The Bertz CT molecular complexity index is 928. The van der Waals surface area contributed by atoms with Gasteiger partial charge in [0.15, 0.2) is 0 Å². The van der Waals surface area contributed by atoms with Gasteiger partial charge in [-0.3, -0.25) is 0 Å². The summed E-state index contributed by atoms with van der Waals surface area (Å²) >= 11 is 5.91. The third-order valence-electron chi connectivity index (χ3n) is 4.48. The molecule has 27 heavy (non-hydrogen) atoms. The number of rotatable bonds is 5. The zero-order valence-corrected chi connectivity index (χ0v) is 17.6. The molecule has 0 aliphatic heterocycles. The number of sulfonamides is 1. The quantitative estimate of drug-likeness (QED) is 0.807. The summed E-state index contributed by atoms with van der Waals surface area (Å²) in [7, 11) is 1.04. The predicted molar refractivity (Wildman–Crippen MR) is 109 cm³/mol. The molecule has 2 aromatic rings. The van der Waals surface area contributed by atoms with Gasteiger partial charge in [-0.25, -0.2) is 17.5 Å². The van der Waals surface area contributed by atoms with E-state index < -0.39 is 10.0 Å². The summed E-state index contributed by atoms with van der Waals surface area (Å²) in [5.41, 5.74) is 2.17. The van der Waals surface area contributed by atoms with E-state index in [1.54, 1.807) is 30.1 Å². The fourth-order valence-electron chi connectivity index (χ4n) is 2.45. The molecule has 0 bridgehead atoms. The summed E-state index contributed by atoms with van der Waals surface area (Å²) < 4.78 is 25.8. The minimum Gasteiger partial charge on any atom is -0.321 e. The number of hydrogen-bond donors (Lipinski definition) is 1. The van der Waals surface area contributed by atoms with Gasteiger partial charge in [-0.15, -0.1) is 0 Å². The van der Waals surface area contributed by atoms with Crippen LogP contribution in [-0.2, 0) is 10.0 Å². The molecular formula is C19H24ClN3O3S. The van der Waals surface area contributed by atoms with Crippen LogP contribution in [0.15, 0.2) is 47.4 Å². The average molecular weight is 410 g/mol. The van der Waals surface area contributed by atoms with E-state index in [1.807, 2.05) is 26.0 Å². The summed E-state index contributed by atoms with van der Waals surface area (Å²) in [5, 5.41) is 3.43. The second kappa shape index (κ2) is 8.29. The van der Waals surface area contributed by atoms with Crippen molar-refractivity contribution in [1.29, 1.82) is 0 Å². The third-order valence-corrected chi connectivity index (χ3v) is 6.55. The molecule has 2 rings (SSSR count). The molecule has 0 saturated heterocycles. The van der Waals surface area contributed by atoms with Crippen LogP contribution in [0.2, 0.25) is 5.02 Å². The molecule has 0 radical (unpaired) electrons. The van der Waals surface area contributed by atoms with Crippen LogP contribution in [0.25, 0.3) is 0 Å². The summed E-state index contributed by atoms with van der Waals surface area (Å²) in [4.78, 5) is 14.3. The van der Waals surface area contributed by atoms with Gasteiger partial charge in [-0.1, -0.05) is 29.8 Å². The highest BCUT2D eigenvalue weighted by molar-refractivity contribution is 7.89. The van der Waals surface area contributed by atoms with Crippen LogP contribution in [0, 0.1) is 6.92 Å². The number of carbonyl (C=O) groups excluding carboxylic acids is 1. The lowest BCUT2D eigenvalue weighted by molar-refractivity contribution is 0.208. The number of nitrogens with one attached hydrogen (secondary N) is 1. The Hall–Kier alpha value is -2.09. The SMILES string of the molecule is Cc1ccc(S(=O)(=O)N(C)C)cc1NC(=O)N(C)C(C)c1ccc(Cl)cc1. The fourth-order valence-corrected chi connectivity index (χ4v) is 3.51. The van der Waals surface area contributed by atoms with E-state index in [0.717, 1.165) is 15.4 Å². The number of hydrogen-bond acceptors (Lipinski definition) is 3. The van der Waals surface area contributed by atoms with Gasteiger partial charge < -0.3 is 10.2 Å². The maximum absolute atomic E-state index is 12.7. The van der Waals surface area contributed by atoms with Crippen molar-refractivity contribution in [2.24, 2.45) is 0 Å². The molecule has 0 saturated carbocycles. The third kappa shape index (κ3) is 4.80. The van der Waals surface area contributed by atoms with Crippen molar-refractivity contribution in [2.45, 2.75) is 24.8 Å². The van der Waals surface area contributed by atoms with E-state index in [9.17, 15) is 13.2 Å². The van der Waals surface area contributed by atoms with Gasteiger partial charge in [0, 0.05) is 31.9 Å². The lowest BCUT2D eigenvalue weighted by Gasteiger charge is -2.26. The van der Waals surface area contributed by atoms with Crippen LogP contribution in [0.3, 0.4) is 0 Å². The standard InChI is InChI=1S/C19H24ClN3O3S/c1-13-6-11-17(27(25,26)22(3)4)12-18(13)21-19(24)23(5)14(2)15-7-9-16(20)10-8-15/h6-12,14H,1-5H3,(H,21,24). The highest BCUT2D eigenvalue weighted by Crippen LogP contribution is 2.25. The first-order valence-electron chi connectivity index (χ1n) is 8.36. The van der Waals surface area contributed by atoms with E-state index in [0.29, 0.717) is 10.7 Å². The largest absolute Gasteiger partial charge is 0.322 e. The van der Waals surface area contributed by atoms with Crippen LogP contribution in [0.5, 0.6) is 0 Å². The molecule has 146 valence electrons. The Morgan fingerprint density at radius 3 is 2.22 bits per heavy atom. The van der Waals surface area contributed by atoms with E-state index in [1.165, 1.54) is 26.2 Å². The topological polar surface area (TPSA) is 69.7 Å². The molecule has 0 aliphatic rings. The smallest absolute Gasteiger partial charge is 0.321 e. The number of nitrogens with zero attached hydrogens (tertiary/aromatic N) is 2. The first-order chi connectivity index (χ1) is 12.5. The van der Waals surface area contributed by atoms with Crippen LogP contribution in [0.4, 0.5) is 10.5 Å². The number of amides is 2. The summed E-state index contributed by atoms with van der Waals surface area (Å²) in [5.74, 6) is 0. The summed E-state index contributed by atoms with van der Waals surface area (Å²) in [6.07, 6.45) is 0. The molecule has 2 aromatic carbocycles. The predicted octanol–water partition coefficient (Wildman–Crippen LogP) is 4.12. The first-order valence-corrected chi connectivity index (χ1v) is 10.2. The van der Waals surface area contributed by atoms with Crippen molar-refractivity contribution < 1.29 is 13.2 Å². The normalized spacial score (nSPS) is 12.7. The minimum atomic E-state index is -3.58. The first kappa shape index (κ1) is 21.2. The van der Waals surface area contributed by atoms with Crippen molar-refractivity contribution in [2.75, 3.05) is 26.5 Å². The molecule has 6 nitrogen and oxygen atoms in total. The monoisotopic (exact) mass is 409 g/mol. The van der Waals surface area contributed by atoms with Crippen molar-refractivity contribution in [3.63, 3.8) is 0 Å². The Labute approximate surface area is 165 Å². The van der Waals surface area contributed by atoms with Gasteiger partial charge in [0.25, 0.3) is 0 Å². The highest BCUT2D eigenvalue weighted by atomic mass is 35.5. The van der Waals surface area contributed by atoms with Crippen molar-refractivity contribution >= 4 is 33.3 Å². The molecule has 1 unspecified atom stereocenters. The molecule has 1 N–H and O–H groups in total. The molecule has 0 heterocycles. The maximum Gasteiger partial charge on any atom is 0.322 e. The summed E-state index contributed by atoms with van der Waals surface area (Å²) in [6, 6.07) is 11.4. The minimum absolute atomic E-state index is 0.127. The zero-order chi connectivity index (χ0) is 20.4. The van der Waals surface area contributed by atoms with Crippen LogP contribution >= 0.6 is 11.6 Å². The highest BCUT2D eigenvalue weighted by Gasteiger charge is 2.21. The Balaban J connectivity index is 2.23. The van der Waals surface area contributed by atoms with Crippen molar-refractivity contribution in [1.82, 2.24) is 9.21 Å². The molecule has 0 aromatic heterocycles. The second-order valence-corrected chi connectivity index (χ2v) is 9.12. The number of aryl methyl sites for hydroxylation is 1. The van der Waals surface area contributed by atoms with Crippen LogP contribution in [-0.4, -0.2) is 44.8 Å². The molecule has 1 atom stereocenters. The van der Waals surface area contributed by atoms with Gasteiger partial charge >= 0.3 is 6.03 Å². The molecule has 2 amide bonds. The van der Waals surface area contributed by atoms with E-state index in [-0.39, 0.29) is 17.0 Å². The van der Waals surface area contributed by atoms with Crippen molar-refractivity contribution in [3.05, 3.63) is 58.6 Å². The van der Waals surface area contributed by atoms with E-state index in [4.69, 9.17) is 11.6 Å². The number of halogens is 1. The molecule has 8 heteroatoms. The van der Waals surface area contributed by atoms with Crippen molar-refractivity contribution in [3.8, 4) is 0 Å². The Morgan fingerprint density at radius 2 is 1.67 bits per heavy atom. The Morgan fingerprint density at radius 1 is 1.07 bits per heavy atom. The summed E-state index contributed by atoms with van der Waals surface area (Å²) in [6.45, 7) is 3.72. The lowest BCUT2D eigenvalue weighted by atomic mass is 10.1. The van der Waals surface area contributed by atoms with Gasteiger partial charge in [-0.05, 0) is 49.2 Å². The molecule has 0 fully saturated rings. The van der Waals surface area contributed by atoms with Gasteiger partial charge in [0.1, 0.15) is 0 Å². The maximum atomic E-state index is 12.7. The van der Waals surface area contributed by atoms with Gasteiger partial charge in [0.05, 0.1) is 10.9 Å². The zero-order valence-electron chi connectivity index (χ0n) is 16.0. The average Bonchev–Trinajstić information content (AvgIpc) is 2.62. The number of urea groups is 1. The number of carbonyl (C=O) groups is 1. The number of anilines is 1. The number of benzene rings is 2. The Kier molecular flexibility index (Phi) is 6.51. The van der Waals surface area contributed by atoms with Gasteiger partial charge in [-0.2, -0.15) is 0 Å². The molecule has 0 aliphatic carbocycles. The molecular weight excluding hydrogens is 386 g/mol. The van der Waals surface area contributed by atoms with E-state index in [2.05, 4.69) is 5.32 Å². The van der Waals surface area contributed by atoms with Crippen LogP contribution in [0.1, 0.15) is 24.1 Å². The van der Waals surface area contributed by atoms with Gasteiger partial charge in [0.2, 0.25) is 10.0 Å². The molecule has 0 spiro atoms.